The molecule has 1 saturated heterocycles. The number of carbonyl (C=O) groups is 2. The number of benzene rings is 2. The number of thioether (sulfide) groups is 1. The highest BCUT2D eigenvalue weighted by molar-refractivity contribution is 8.00. The zero-order chi connectivity index (χ0) is 21.0. The quantitative estimate of drug-likeness (QED) is 0.629. The molecule has 2 aliphatic rings. The van der Waals surface area contributed by atoms with E-state index in [9.17, 15) is 18.8 Å². The summed E-state index contributed by atoms with van der Waals surface area (Å²) < 4.78 is 18.7. The molecule has 0 radical (unpaired) electrons. The van der Waals surface area contributed by atoms with Gasteiger partial charge < -0.3 is 9.72 Å². The molecule has 0 aliphatic carbocycles. The van der Waals surface area contributed by atoms with Crippen LogP contribution in [0.3, 0.4) is 0 Å². The van der Waals surface area contributed by atoms with E-state index in [2.05, 4.69) is 4.98 Å². The molecule has 152 valence electrons. The number of aromatic amines is 1. The van der Waals surface area contributed by atoms with Crippen LogP contribution in [0, 0.1) is 11.7 Å². The first-order valence-corrected chi connectivity index (χ1v) is 10.8. The number of ether oxygens (including phenoxy) is 1. The molecule has 0 bridgehead atoms. The molecular formula is C21H15FN2O4S2. The Bertz CT molecular complexity index is 1200. The van der Waals surface area contributed by atoms with Crippen molar-refractivity contribution in [3.05, 3.63) is 74.5 Å². The van der Waals surface area contributed by atoms with E-state index in [4.69, 9.17) is 4.74 Å². The predicted octanol–water partition coefficient (Wildman–Crippen LogP) is 3.38. The molecule has 1 N–H and O–H groups in total. The molecule has 1 fully saturated rings. The number of amides is 2. The van der Waals surface area contributed by atoms with E-state index in [0.29, 0.717) is 26.9 Å². The number of methoxy groups -OCH3 is 1. The molecule has 0 spiro atoms. The number of thiazole rings is 1. The summed E-state index contributed by atoms with van der Waals surface area (Å²) in [5, 5.41) is -0.0780. The van der Waals surface area contributed by atoms with E-state index in [1.807, 2.05) is 0 Å². The minimum Gasteiger partial charge on any atom is -0.497 e. The van der Waals surface area contributed by atoms with Gasteiger partial charge >= 0.3 is 4.87 Å². The minimum absolute atomic E-state index is 0.244. The van der Waals surface area contributed by atoms with Crippen LogP contribution in [-0.2, 0) is 9.59 Å². The summed E-state index contributed by atoms with van der Waals surface area (Å²) >= 11 is 2.24. The van der Waals surface area contributed by atoms with Crippen molar-refractivity contribution in [2.45, 2.75) is 16.2 Å². The fourth-order valence-electron chi connectivity index (χ4n) is 4.03. The first-order chi connectivity index (χ1) is 14.5. The Balaban J connectivity index is 1.62. The Morgan fingerprint density at radius 3 is 2.37 bits per heavy atom. The number of rotatable bonds is 3. The summed E-state index contributed by atoms with van der Waals surface area (Å²) in [5.41, 5.74) is 1.16. The molecule has 9 heteroatoms. The van der Waals surface area contributed by atoms with E-state index in [1.165, 1.54) is 28.8 Å². The van der Waals surface area contributed by atoms with Gasteiger partial charge in [-0.1, -0.05) is 35.2 Å². The highest BCUT2D eigenvalue weighted by Crippen LogP contribution is 2.53. The molecule has 2 amide bonds. The maximum atomic E-state index is 13.5. The van der Waals surface area contributed by atoms with Gasteiger partial charge in [-0.05, 0) is 42.0 Å². The van der Waals surface area contributed by atoms with E-state index in [0.717, 1.165) is 11.3 Å². The zero-order valence-electron chi connectivity index (χ0n) is 15.6. The maximum Gasteiger partial charge on any atom is 0.305 e. The number of halogens is 1. The molecule has 3 atom stereocenters. The number of imide groups is 1. The van der Waals surface area contributed by atoms with Crippen LogP contribution in [0.1, 0.15) is 16.4 Å². The average Bonchev–Trinajstić information content (AvgIpc) is 3.24. The average molecular weight is 442 g/mol. The van der Waals surface area contributed by atoms with Gasteiger partial charge in [-0.3, -0.25) is 14.4 Å². The van der Waals surface area contributed by atoms with Crippen LogP contribution in [0.5, 0.6) is 5.75 Å². The highest BCUT2D eigenvalue weighted by Gasteiger charge is 2.56. The fourth-order valence-corrected chi connectivity index (χ4v) is 6.55. The van der Waals surface area contributed by atoms with Crippen molar-refractivity contribution < 1.29 is 18.7 Å². The smallest absolute Gasteiger partial charge is 0.305 e. The Kier molecular flexibility index (Phi) is 4.52. The Labute approximate surface area is 178 Å². The first-order valence-electron chi connectivity index (χ1n) is 9.15. The number of hydrogen-bond donors (Lipinski definition) is 1. The normalized spacial score (nSPS) is 22.7. The molecule has 3 heterocycles. The van der Waals surface area contributed by atoms with Gasteiger partial charge in [0.1, 0.15) is 16.8 Å². The Morgan fingerprint density at radius 1 is 1.00 bits per heavy atom. The molecule has 6 nitrogen and oxygen atoms in total. The monoisotopic (exact) mass is 442 g/mol. The van der Waals surface area contributed by atoms with Crippen molar-refractivity contribution in [3.63, 3.8) is 0 Å². The fraction of sp³-hybridized carbons (Fsp3) is 0.190. The zero-order valence-corrected chi connectivity index (χ0v) is 17.3. The number of hydrogen-bond acceptors (Lipinski definition) is 6. The second kappa shape index (κ2) is 7.10. The minimum atomic E-state index is -0.686. The third-order valence-electron chi connectivity index (χ3n) is 5.38. The van der Waals surface area contributed by atoms with E-state index in [-0.39, 0.29) is 16.7 Å². The molecule has 0 saturated carbocycles. The van der Waals surface area contributed by atoms with Crippen LogP contribution < -0.4 is 14.5 Å². The van der Waals surface area contributed by atoms with Crippen LogP contribution >= 0.6 is 23.1 Å². The van der Waals surface area contributed by atoms with Crippen LogP contribution in [-0.4, -0.2) is 29.2 Å². The van der Waals surface area contributed by atoms with Gasteiger partial charge in [-0.15, -0.1) is 0 Å². The number of aromatic nitrogens is 1. The summed E-state index contributed by atoms with van der Waals surface area (Å²) in [6.07, 6.45) is 0. The second-order valence-corrected chi connectivity index (χ2v) is 9.18. The van der Waals surface area contributed by atoms with Gasteiger partial charge in [0.2, 0.25) is 11.8 Å². The van der Waals surface area contributed by atoms with Gasteiger partial charge in [-0.25, -0.2) is 9.29 Å². The second-order valence-electron chi connectivity index (χ2n) is 7.01. The molecule has 2 unspecified atom stereocenters. The lowest BCUT2D eigenvalue weighted by atomic mass is 9.83. The van der Waals surface area contributed by atoms with E-state index in [1.54, 1.807) is 43.5 Å². The van der Waals surface area contributed by atoms with Crippen molar-refractivity contribution in [1.82, 2.24) is 4.98 Å². The largest absolute Gasteiger partial charge is 0.497 e. The van der Waals surface area contributed by atoms with Crippen molar-refractivity contribution in [3.8, 4) is 5.75 Å². The Hall–Kier alpha value is -2.91. The molecular weight excluding hydrogens is 427 g/mol. The van der Waals surface area contributed by atoms with Crippen molar-refractivity contribution in [1.29, 1.82) is 0 Å². The molecule has 1 aromatic heterocycles. The summed E-state index contributed by atoms with van der Waals surface area (Å²) in [5.74, 6) is -1.62. The van der Waals surface area contributed by atoms with Gasteiger partial charge in [0.25, 0.3) is 0 Å². The van der Waals surface area contributed by atoms with Crippen molar-refractivity contribution >= 4 is 40.6 Å². The van der Waals surface area contributed by atoms with E-state index < -0.39 is 22.9 Å². The number of nitrogens with one attached hydrogen (secondary N) is 1. The molecule has 2 aliphatic heterocycles. The third kappa shape index (κ3) is 2.88. The lowest BCUT2D eigenvalue weighted by Crippen LogP contribution is -2.32. The number of nitrogens with zero attached hydrogens (tertiary/aromatic N) is 1. The van der Waals surface area contributed by atoms with Gasteiger partial charge in [-0.2, -0.15) is 0 Å². The van der Waals surface area contributed by atoms with Crippen LogP contribution in [0.2, 0.25) is 0 Å². The predicted molar refractivity (Wildman–Crippen MR) is 112 cm³/mol. The number of fused-ring (bicyclic) bond motifs is 2. The third-order valence-corrected chi connectivity index (χ3v) is 7.78. The SMILES string of the molecule is COc1ccc(N2C(=O)C3Sc4[nH]c(=O)sc4[C@H](c4ccc(F)cc4)C3C2=O)cc1. The number of anilines is 1. The Morgan fingerprint density at radius 2 is 1.70 bits per heavy atom. The highest BCUT2D eigenvalue weighted by atomic mass is 32.2. The molecule has 5 rings (SSSR count). The van der Waals surface area contributed by atoms with Gasteiger partial charge in [0.05, 0.1) is 23.7 Å². The van der Waals surface area contributed by atoms with Crippen LogP contribution in [0.25, 0.3) is 0 Å². The van der Waals surface area contributed by atoms with Gasteiger partial charge in [0.15, 0.2) is 0 Å². The summed E-state index contributed by atoms with van der Waals surface area (Å²) in [7, 11) is 1.54. The lowest BCUT2D eigenvalue weighted by molar-refractivity contribution is -0.122. The topological polar surface area (TPSA) is 79.5 Å². The molecule has 2 aromatic carbocycles. The van der Waals surface area contributed by atoms with Crippen LogP contribution in [0.4, 0.5) is 10.1 Å². The maximum absolute atomic E-state index is 13.5. The van der Waals surface area contributed by atoms with E-state index >= 15 is 0 Å². The molecule has 3 aromatic rings. The summed E-state index contributed by atoms with van der Waals surface area (Å²) in [6, 6.07) is 12.6. The standard InChI is InChI=1S/C21H15FN2O4S2/c1-28-13-8-6-12(7-9-13)24-19(25)15-14(10-2-4-11(22)5-3-10)16-18(23-21(27)30-16)29-17(15)20(24)26/h2-9,14-15,17H,1H3,(H,23,27)/t14-,15?,17?/m1/s1. The van der Waals surface area contributed by atoms with Crippen LogP contribution in [0.15, 0.2) is 58.4 Å². The van der Waals surface area contributed by atoms with Gasteiger partial charge in [0, 0.05) is 10.8 Å². The summed E-state index contributed by atoms with van der Waals surface area (Å²) in [4.78, 5) is 43.2. The first kappa shape index (κ1) is 19.1. The summed E-state index contributed by atoms with van der Waals surface area (Å²) in [6.45, 7) is 0. The number of carbonyl (C=O) groups excluding carboxylic acids is 2. The van der Waals surface area contributed by atoms with Crippen molar-refractivity contribution in [2.24, 2.45) is 5.92 Å². The lowest BCUT2D eigenvalue weighted by Gasteiger charge is -2.29. The molecule has 30 heavy (non-hydrogen) atoms. The van der Waals surface area contributed by atoms with Crippen molar-refractivity contribution in [2.75, 3.05) is 12.0 Å². The number of H-pyrrole nitrogens is 1.